The van der Waals surface area contributed by atoms with E-state index in [0.29, 0.717) is 5.88 Å². The van der Waals surface area contributed by atoms with E-state index in [4.69, 9.17) is 23.8 Å². The number of carbonyl (C=O) groups excluding carboxylic acids is 2. The Morgan fingerprint density at radius 1 is 1.17 bits per heavy atom. The van der Waals surface area contributed by atoms with Crippen molar-refractivity contribution in [1.82, 2.24) is 5.32 Å². The van der Waals surface area contributed by atoms with Crippen LogP contribution >= 0.6 is 23.8 Å². The predicted molar refractivity (Wildman–Crippen MR) is 120 cm³/mol. The zero-order valence-electron chi connectivity index (χ0n) is 16.0. The van der Waals surface area contributed by atoms with Gasteiger partial charge in [0.2, 0.25) is 0 Å². The molecule has 5 nitrogen and oxygen atoms in total. The number of alkyl halides is 1. The summed E-state index contributed by atoms with van der Waals surface area (Å²) in [6.07, 6.45) is 3.32. The molecule has 2 amide bonds. The van der Waals surface area contributed by atoms with Gasteiger partial charge in [0, 0.05) is 24.7 Å². The molecule has 0 atom stereocenters. The monoisotopic (exact) mass is 443 g/mol. The molecule has 0 spiro atoms. The fourth-order valence-corrected chi connectivity index (χ4v) is 4.13. The molecule has 0 bridgehead atoms. The summed E-state index contributed by atoms with van der Waals surface area (Å²) >= 11 is 10.9. The fraction of sp³-hybridized carbons (Fsp3) is 0.227. The van der Waals surface area contributed by atoms with E-state index in [1.165, 1.54) is 24.3 Å². The van der Waals surface area contributed by atoms with Crippen molar-refractivity contribution in [3.8, 4) is 0 Å². The number of fused-ring (bicyclic) bond motifs is 1. The van der Waals surface area contributed by atoms with Crippen molar-refractivity contribution in [2.24, 2.45) is 0 Å². The molecule has 0 radical (unpaired) electrons. The van der Waals surface area contributed by atoms with Gasteiger partial charge in [-0.15, -0.1) is 11.6 Å². The van der Waals surface area contributed by atoms with Gasteiger partial charge < -0.3 is 4.90 Å². The Morgan fingerprint density at radius 2 is 1.97 bits per heavy atom. The number of benzene rings is 2. The lowest BCUT2D eigenvalue weighted by molar-refractivity contribution is -0.122. The van der Waals surface area contributed by atoms with Crippen LogP contribution in [-0.4, -0.2) is 35.9 Å². The Morgan fingerprint density at radius 3 is 2.73 bits per heavy atom. The number of hydrogen-bond donors (Lipinski definition) is 1. The molecule has 8 heteroatoms. The number of rotatable bonds is 5. The smallest absolute Gasteiger partial charge is 0.270 e. The van der Waals surface area contributed by atoms with Gasteiger partial charge in [-0.05, 0) is 66.5 Å². The first-order valence-electron chi connectivity index (χ1n) is 9.59. The molecule has 154 valence electrons. The number of para-hydroxylation sites is 1. The summed E-state index contributed by atoms with van der Waals surface area (Å²) in [5, 5.41) is 2.34. The zero-order valence-corrected chi connectivity index (χ0v) is 17.6. The summed E-state index contributed by atoms with van der Waals surface area (Å²) in [5.74, 6) is -1.23. The highest BCUT2D eigenvalue weighted by atomic mass is 35.5. The van der Waals surface area contributed by atoms with Crippen molar-refractivity contribution >= 4 is 58.2 Å². The standard InChI is InChI=1S/C22H19ClFN3O2S/c23-9-3-10-26-11-8-15-12-14(6-7-18(15)26)13-16-20(28)25-22(30)27(21(16)29)19-5-2-1-4-17(19)24/h1-2,4-7,12-13H,3,8-11H2,(H,25,28,30)/b16-13+. The third kappa shape index (κ3) is 3.82. The average molecular weight is 444 g/mol. The molecule has 2 aliphatic heterocycles. The molecule has 1 fully saturated rings. The SMILES string of the molecule is O=C1NC(=S)N(c2ccccc2F)C(=O)/C1=C/c1ccc2c(c1)CCN2CCCCl. The summed E-state index contributed by atoms with van der Waals surface area (Å²) < 4.78 is 14.2. The van der Waals surface area contributed by atoms with Gasteiger partial charge in [-0.2, -0.15) is 0 Å². The maximum Gasteiger partial charge on any atom is 0.270 e. The minimum atomic E-state index is -0.655. The van der Waals surface area contributed by atoms with Gasteiger partial charge in [-0.3, -0.25) is 14.9 Å². The van der Waals surface area contributed by atoms with Gasteiger partial charge in [-0.25, -0.2) is 9.29 Å². The lowest BCUT2D eigenvalue weighted by Gasteiger charge is -2.29. The Kier molecular flexibility index (Phi) is 5.83. The van der Waals surface area contributed by atoms with Crippen molar-refractivity contribution in [3.63, 3.8) is 0 Å². The number of hydrogen-bond acceptors (Lipinski definition) is 4. The van der Waals surface area contributed by atoms with Gasteiger partial charge in [-0.1, -0.05) is 18.2 Å². The molecule has 0 aromatic heterocycles. The quantitative estimate of drug-likeness (QED) is 0.332. The Hall–Kier alpha value is -2.77. The van der Waals surface area contributed by atoms with E-state index in [9.17, 15) is 14.0 Å². The molecular formula is C22H19ClFN3O2S. The Bertz CT molecular complexity index is 1070. The van der Waals surface area contributed by atoms with E-state index in [0.717, 1.165) is 47.6 Å². The van der Waals surface area contributed by atoms with Gasteiger partial charge in [0.1, 0.15) is 11.4 Å². The number of thiocarbonyl (C=S) groups is 1. The van der Waals surface area contributed by atoms with Crippen LogP contribution in [0.3, 0.4) is 0 Å². The first-order chi connectivity index (χ1) is 14.5. The first kappa shape index (κ1) is 20.5. The van der Waals surface area contributed by atoms with Crippen LogP contribution in [0.15, 0.2) is 48.0 Å². The average Bonchev–Trinajstić information content (AvgIpc) is 3.13. The van der Waals surface area contributed by atoms with E-state index >= 15 is 0 Å². The number of nitrogens with one attached hydrogen (secondary N) is 1. The number of amides is 2. The number of carbonyl (C=O) groups is 2. The minimum Gasteiger partial charge on any atom is -0.371 e. The molecule has 4 rings (SSSR count). The molecule has 2 aliphatic rings. The van der Waals surface area contributed by atoms with Crippen LogP contribution in [0.25, 0.3) is 6.08 Å². The maximum atomic E-state index is 14.2. The second kappa shape index (κ2) is 8.53. The molecular weight excluding hydrogens is 425 g/mol. The molecule has 0 saturated carbocycles. The first-order valence-corrected chi connectivity index (χ1v) is 10.5. The van der Waals surface area contributed by atoms with Crippen molar-refractivity contribution in [3.05, 3.63) is 65.0 Å². The van der Waals surface area contributed by atoms with E-state index < -0.39 is 17.6 Å². The zero-order chi connectivity index (χ0) is 21.3. The largest absolute Gasteiger partial charge is 0.371 e. The predicted octanol–water partition coefficient (Wildman–Crippen LogP) is 3.65. The second-order valence-electron chi connectivity index (χ2n) is 7.08. The van der Waals surface area contributed by atoms with Crippen molar-refractivity contribution in [2.45, 2.75) is 12.8 Å². The van der Waals surface area contributed by atoms with Crippen LogP contribution in [0.1, 0.15) is 17.5 Å². The van der Waals surface area contributed by atoms with Crippen LogP contribution in [0, 0.1) is 5.82 Å². The molecule has 0 aliphatic carbocycles. The third-order valence-corrected chi connectivity index (χ3v) is 5.71. The van der Waals surface area contributed by atoms with Gasteiger partial charge in [0.15, 0.2) is 5.11 Å². The normalized spacial score (nSPS) is 17.5. The highest BCUT2D eigenvalue weighted by Gasteiger charge is 2.35. The second-order valence-corrected chi connectivity index (χ2v) is 7.84. The van der Waals surface area contributed by atoms with Crippen molar-refractivity contribution in [2.75, 3.05) is 28.8 Å². The summed E-state index contributed by atoms with van der Waals surface area (Å²) in [6.45, 7) is 1.81. The Balaban J connectivity index is 1.65. The van der Waals surface area contributed by atoms with E-state index in [1.807, 2.05) is 18.2 Å². The van der Waals surface area contributed by atoms with E-state index in [2.05, 4.69) is 10.2 Å². The highest BCUT2D eigenvalue weighted by Crippen LogP contribution is 2.30. The number of anilines is 2. The molecule has 2 aromatic rings. The summed E-state index contributed by atoms with van der Waals surface area (Å²) in [4.78, 5) is 28.8. The van der Waals surface area contributed by atoms with Crippen LogP contribution < -0.4 is 15.1 Å². The molecule has 2 heterocycles. The maximum absolute atomic E-state index is 14.2. The lowest BCUT2D eigenvalue weighted by atomic mass is 10.0. The fourth-order valence-electron chi connectivity index (χ4n) is 3.74. The summed E-state index contributed by atoms with van der Waals surface area (Å²) in [6, 6.07) is 11.6. The van der Waals surface area contributed by atoms with E-state index in [1.54, 1.807) is 6.07 Å². The lowest BCUT2D eigenvalue weighted by Crippen LogP contribution is -2.54. The highest BCUT2D eigenvalue weighted by molar-refractivity contribution is 7.80. The Labute approximate surface area is 184 Å². The van der Waals surface area contributed by atoms with Gasteiger partial charge in [0.25, 0.3) is 11.8 Å². The molecule has 2 aromatic carbocycles. The third-order valence-electron chi connectivity index (χ3n) is 5.16. The summed E-state index contributed by atoms with van der Waals surface area (Å²) in [7, 11) is 0. The van der Waals surface area contributed by atoms with Gasteiger partial charge >= 0.3 is 0 Å². The molecule has 0 unspecified atom stereocenters. The number of halogens is 2. The van der Waals surface area contributed by atoms with Crippen molar-refractivity contribution in [1.29, 1.82) is 0 Å². The van der Waals surface area contributed by atoms with E-state index in [-0.39, 0.29) is 16.4 Å². The van der Waals surface area contributed by atoms with Gasteiger partial charge in [0.05, 0.1) is 5.69 Å². The minimum absolute atomic E-state index is 0.00212. The summed E-state index contributed by atoms with van der Waals surface area (Å²) in [5.41, 5.74) is 2.94. The van der Waals surface area contributed by atoms with Crippen LogP contribution in [0.4, 0.5) is 15.8 Å². The van der Waals surface area contributed by atoms with Crippen LogP contribution in [0.2, 0.25) is 0 Å². The molecule has 1 N–H and O–H groups in total. The van der Waals surface area contributed by atoms with Crippen LogP contribution in [0.5, 0.6) is 0 Å². The molecule has 1 saturated heterocycles. The van der Waals surface area contributed by atoms with Crippen LogP contribution in [-0.2, 0) is 16.0 Å². The topological polar surface area (TPSA) is 52.7 Å². The molecule has 30 heavy (non-hydrogen) atoms. The van der Waals surface area contributed by atoms with Crippen molar-refractivity contribution < 1.29 is 14.0 Å². The number of nitrogens with zero attached hydrogens (tertiary/aromatic N) is 2.